The van der Waals surface area contributed by atoms with Crippen molar-refractivity contribution in [3.63, 3.8) is 0 Å². The lowest BCUT2D eigenvalue weighted by atomic mass is 9.89. The van der Waals surface area contributed by atoms with E-state index in [1.807, 2.05) is 6.07 Å². The van der Waals surface area contributed by atoms with Crippen molar-refractivity contribution < 1.29 is 14.3 Å². The molecule has 0 spiro atoms. The van der Waals surface area contributed by atoms with Gasteiger partial charge in [0, 0.05) is 12.8 Å². The first-order chi connectivity index (χ1) is 7.20. The van der Waals surface area contributed by atoms with Gasteiger partial charge >= 0.3 is 5.97 Å². The molecule has 1 aliphatic rings. The normalized spacial score (nSPS) is 14.6. The summed E-state index contributed by atoms with van der Waals surface area (Å²) in [6.07, 6.45) is 1.85. The van der Waals surface area contributed by atoms with Crippen molar-refractivity contribution >= 4 is 11.8 Å². The Balaban J connectivity index is 2.36. The molecule has 0 saturated heterocycles. The lowest BCUT2D eigenvalue weighted by molar-refractivity contribution is -0.118. The summed E-state index contributed by atoms with van der Waals surface area (Å²) in [5.74, 6) is -0.111. The van der Waals surface area contributed by atoms with Crippen molar-refractivity contribution in [1.29, 1.82) is 0 Å². The highest BCUT2D eigenvalue weighted by atomic mass is 16.5. The van der Waals surface area contributed by atoms with E-state index in [0.717, 1.165) is 12.0 Å². The Bertz CT molecular complexity index is 421. The Labute approximate surface area is 88.1 Å². The monoisotopic (exact) mass is 204 g/mol. The predicted octanol–water partition coefficient (Wildman–Crippen LogP) is 1.53. The van der Waals surface area contributed by atoms with Crippen molar-refractivity contribution in [2.75, 3.05) is 7.11 Å². The van der Waals surface area contributed by atoms with E-state index in [2.05, 4.69) is 4.74 Å². The minimum atomic E-state index is -0.351. The zero-order valence-corrected chi connectivity index (χ0v) is 8.58. The molecule has 2 rings (SSSR count). The molecule has 0 unspecified atom stereocenters. The van der Waals surface area contributed by atoms with Gasteiger partial charge in [-0.05, 0) is 29.7 Å². The van der Waals surface area contributed by atoms with E-state index < -0.39 is 0 Å². The SMILES string of the molecule is COC(=O)c1ccc2c(c1)CC(=O)CC2. The first-order valence-corrected chi connectivity index (χ1v) is 4.92. The third-order valence-corrected chi connectivity index (χ3v) is 2.69. The maximum atomic E-state index is 11.3. The van der Waals surface area contributed by atoms with Gasteiger partial charge in [-0.1, -0.05) is 6.07 Å². The summed E-state index contributed by atoms with van der Waals surface area (Å²) in [4.78, 5) is 22.5. The topological polar surface area (TPSA) is 43.4 Å². The number of hydrogen-bond donors (Lipinski definition) is 0. The molecule has 0 atom stereocenters. The van der Waals surface area contributed by atoms with Crippen molar-refractivity contribution in [1.82, 2.24) is 0 Å². The van der Waals surface area contributed by atoms with E-state index in [1.165, 1.54) is 12.7 Å². The highest BCUT2D eigenvalue weighted by Crippen LogP contribution is 2.20. The fourth-order valence-electron chi connectivity index (χ4n) is 1.85. The quantitative estimate of drug-likeness (QED) is 0.651. The van der Waals surface area contributed by atoms with Crippen molar-refractivity contribution in [3.8, 4) is 0 Å². The maximum Gasteiger partial charge on any atom is 0.337 e. The van der Waals surface area contributed by atoms with Gasteiger partial charge in [-0.25, -0.2) is 4.79 Å². The molecule has 0 fully saturated rings. The van der Waals surface area contributed by atoms with Crippen LogP contribution in [0, 0.1) is 0 Å². The van der Waals surface area contributed by atoms with Crippen LogP contribution >= 0.6 is 0 Å². The minimum absolute atomic E-state index is 0.240. The number of ether oxygens (including phenoxy) is 1. The highest BCUT2D eigenvalue weighted by molar-refractivity contribution is 5.90. The van der Waals surface area contributed by atoms with Crippen LogP contribution in [0.5, 0.6) is 0 Å². The first-order valence-electron chi connectivity index (χ1n) is 4.92. The van der Waals surface area contributed by atoms with E-state index in [-0.39, 0.29) is 11.8 Å². The van der Waals surface area contributed by atoms with Gasteiger partial charge in [0.2, 0.25) is 0 Å². The van der Waals surface area contributed by atoms with Gasteiger partial charge in [0.25, 0.3) is 0 Å². The van der Waals surface area contributed by atoms with Crippen LogP contribution in [0.3, 0.4) is 0 Å². The summed E-state index contributed by atoms with van der Waals surface area (Å²) in [5, 5.41) is 0. The molecule has 0 radical (unpaired) electrons. The standard InChI is InChI=1S/C12H12O3/c1-15-12(14)9-3-2-8-4-5-11(13)7-10(8)6-9/h2-3,6H,4-5,7H2,1H3. The molecule has 78 valence electrons. The molecule has 1 aromatic rings. The van der Waals surface area contributed by atoms with E-state index in [0.29, 0.717) is 18.4 Å². The van der Waals surface area contributed by atoms with Crippen LogP contribution in [0.25, 0.3) is 0 Å². The molecule has 1 aliphatic carbocycles. The number of rotatable bonds is 1. The zero-order chi connectivity index (χ0) is 10.8. The number of Topliss-reactive ketones (excluding diaryl/α,β-unsaturated/α-hetero) is 1. The molecule has 0 heterocycles. The van der Waals surface area contributed by atoms with Gasteiger partial charge in [-0.15, -0.1) is 0 Å². The molecule has 0 N–H and O–H groups in total. The molecule has 0 aromatic heterocycles. The molecule has 3 nitrogen and oxygen atoms in total. The van der Waals surface area contributed by atoms with Crippen LogP contribution in [0.4, 0.5) is 0 Å². The zero-order valence-electron chi connectivity index (χ0n) is 8.58. The third kappa shape index (κ3) is 1.91. The van der Waals surface area contributed by atoms with E-state index in [9.17, 15) is 9.59 Å². The second kappa shape index (κ2) is 3.85. The van der Waals surface area contributed by atoms with Crippen LogP contribution in [0.15, 0.2) is 18.2 Å². The summed E-state index contributed by atoms with van der Waals surface area (Å²) in [6, 6.07) is 5.42. The highest BCUT2D eigenvalue weighted by Gasteiger charge is 2.17. The molecular formula is C12H12O3. The summed E-state index contributed by atoms with van der Waals surface area (Å²) in [7, 11) is 1.35. The molecule has 3 heteroatoms. The Hall–Kier alpha value is -1.64. The van der Waals surface area contributed by atoms with Crippen molar-refractivity contribution in [2.45, 2.75) is 19.3 Å². The smallest absolute Gasteiger partial charge is 0.337 e. The van der Waals surface area contributed by atoms with Gasteiger partial charge in [-0.2, -0.15) is 0 Å². The van der Waals surface area contributed by atoms with Crippen LogP contribution in [-0.2, 0) is 22.4 Å². The van der Waals surface area contributed by atoms with Gasteiger partial charge in [-0.3, -0.25) is 4.79 Å². The van der Waals surface area contributed by atoms with Gasteiger partial charge < -0.3 is 4.74 Å². The minimum Gasteiger partial charge on any atom is -0.465 e. The number of carbonyl (C=O) groups is 2. The molecular weight excluding hydrogens is 192 g/mol. The first kappa shape index (κ1) is 9.90. The summed E-state index contributed by atoms with van der Waals surface area (Å²) < 4.78 is 4.63. The number of hydrogen-bond acceptors (Lipinski definition) is 3. The second-order valence-corrected chi connectivity index (χ2v) is 3.69. The largest absolute Gasteiger partial charge is 0.465 e. The molecule has 0 saturated carbocycles. The predicted molar refractivity (Wildman–Crippen MR) is 54.8 cm³/mol. The summed E-state index contributed by atoms with van der Waals surface area (Å²) in [6.45, 7) is 0. The number of carbonyl (C=O) groups excluding carboxylic acids is 2. The maximum absolute atomic E-state index is 11.3. The summed E-state index contributed by atoms with van der Waals surface area (Å²) in [5.41, 5.74) is 2.65. The third-order valence-electron chi connectivity index (χ3n) is 2.69. The second-order valence-electron chi connectivity index (χ2n) is 3.69. The lowest BCUT2D eigenvalue weighted by Gasteiger charge is -2.15. The molecule has 0 amide bonds. The lowest BCUT2D eigenvalue weighted by Crippen LogP contribution is -2.14. The Kier molecular flexibility index (Phi) is 2.54. The number of esters is 1. The number of ketones is 1. The fraction of sp³-hybridized carbons (Fsp3) is 0.333. The molecule has 0 aliphatic heterocycles. The van der Waals surface area contributed by atoms with E-state index in [4.69, 9.17) is 0 Å². The van der Waals surface area contributed by atoms with E-state index >= 15 is 0 Å². The Morgan fingerprint density at radius 2 is 2.07 bits per heavy atom. The molecule has 15 heavy (non-hydrogen) atoms. The average molecular weight is 204 g/mol. The van der Waals surface area contributed by atoms with Crippen molar-refractivity contribution in [3.05, 3.63) is 34.9 Å². The summed E-state index contributed by atoms with van der Waals surface area (Å²) >= 11 is 0. The Morgan fingerprint density at radius 1 is 1.27 bits per heavy atom. The van der Waals surface area contributed by atoms with E-state index in [1.54, 1.807) is 12.1 Å². The number of benzene rings is 1. The average Bonchev–Trinajstić information content (AvgIpc) is 2.27. The van der Waals surface area contributed by atoms with Gasteiger partial charge in [0.15, 0.2) is 0 Å². The number of aryl methyl sites for hydroxylation is 1. The fourth-order valence-corrected chi connectivity index (χ4v) is 1.85. The van der Waals surface area contributed by atoms with Crippen LogP contribution in [-0.4, -0.2) is 18.9 Å². The van der Waals surface area contributed by atoms with Gasteiger partial charge in [0.05, 0.1) is 12.7 Å². The number of methoxy groups -OCH3 is 1. The molecule has 1 aromatic carbocycles. The van der Waals surface area contributed by atoms with Crippen molar-refractivity contribution in [2.24, 2.45) is 0 Å². The van der Waals surface area contributed by atoms with Crippen LogP contribution in [0.1, 0.15) is 27.9 Å². The van der Waals surface area contributed by atoms with Crippen LogP contribution in [0.2, 0.25) is 0 Å². The van der Waals surface area contributed by atoms with Crippen LogP contribution < -0.4 is 0 Å². The Morgan fingerprint density at radius 3 is 2.80 bits per heavy atom. The number of fused-ring (bicyclic) bond motifs is 1. The van der Waals surface area contributed by atoms with Gasteiger partial charge in [0.1, 0.15) is 5.78 Å². The molecule has 0 bridgehead atoms.